The molecule has 0 atom stereocenters. The van der Waals surface area contributed by atoms with E-state index in [1.54, 1.807) is 0 Å². The van der Waals surface area contributed by atoms with Crippen LogP contribution in [0.1, 0.15) is 5.56 Å². The average molecular weight is 368 g/mol. The second kappa shape index (κ2) is 3.41. The van der Waals surface area contributed by atoms with Crippen LogP contribution in [0.3, 0.4) is 0 Å². The maximum atomic E-state index is 3.48. The van der Waals surface area contributed by atoms with Crippen LogP contribution in [0.2, 0.25) is 0 Å². The molecular weight excluding hydrogens is 362 g/mol. The number of hydrogen-bond donors (Lipinski definition) is 1. The molecule has 68 valence electrons. The summed E-state index contributed by atoms with van der Waals surface area (Å²) in [5, 5.41) is 1.21. The number of rotatable bonds is 0. The van der Waals surface area contributed by atoms with Gasteiger partial charge >= 0.3 is 0 Å². The van der Waals surface area contributed by atoms with Crippen molar-refractivity contribution in [3.63, 3.8) is 0 Å². The first-order chi connectivity index (χ1) is 6.07. The van der Waals surface area contributed by atoms with Crippen molar-refractivity contribution in [2.24, 2.45) is 0 Å². The summed E-state index contributed by atoms with van der Waals surface area (Å²) in [6.45, 7) is 0. The first-order valence-electron chi connectivity index (χ1n) is 3.72. The lowest BCUT2D eigenvalue weighted by Crippen LogP contribution is -1.96. The van der Waals surface area contributed by atoms with Crippen molar-refractivity contribution in [1.82, 2.24) is 4.98 Å². The van der Waals surface area contributed by atoms with E-state index in [1.807, 2.05) is 6.20 Å². The van der Waals surface area contributed by atoms with Crippen LogP contribution in [0.5, 0.6) is 0 Å². The number of benzene rings is 1. The standard InChI is InChI=1S/C9H6Br3N/c10-9(11,12)7-1-2-8-6(5-7)3-4-13-8/h1-5,13H. The van der Waals surface area contributed by atoms with E-state index >= 15 is 0 Å². The fourth-order valence-electron chi connectivity index (χ4n) is 1.23. The maximum absolute atomic E-state index is 3.48. The molecule has 1 nitrogen and oxygen atoms in total. The highest BCUT2D eigenvalue weighted by Gasteiger charge is 2.20. The molecule has 0 unspecified atom stereocenters. The van der Waals surface area contributed by atoms with Crippen molar-refractivity contribution in [2.75, 3.05) is 0 Å². The van der Waals surface area contributed by atoms with Gasteiger partial charge < -0.3 is 4.98 Å². The molecule has 0 aliphatic rings. The van der Waals surface area contributed by atoms with Crippen LogP contribution in [-0.4, -0.2) is 4.98 Å². The van der Waals surface area contributed by atoms with Crippen molar-refractivity contribution < 1.29 is 0 Å². The van der Waals surface area contributed by atoms with Crippen LogP contribution < -0.4 is 0 Å². The minimum absolute atomic E-state index is 0.321. The van der Waals surface area contributed by atoms with E-state index in [0.29, 0.717) is 0 Å². The van der Waals surface area contributed by atoms with E-state index in [-0.39, 0.29) is 2.14 Å². The lowest BCUT2D eigenvalue weighted by Gasteiger charge is -2.11. The zero-order valence-corrected chi connectivity index (χ0v) is 11.3. The molecule has 4 heteroatoms. The zero-order valence-electron chi connectivity index (χ0n) is 6.52. The van der Waals surface area contributed by atoms with E-state index in [9.17, 15) is 0 Å². The van der Waals surface area contributed by atoms with E-state index in [2.05, 4.69) is 77.0 Å². The van der Waals surface area contributed by atoms with E-state index in [4.69, 9.17) is 0 Å². The second-order valence-corrected chi connectivity index (χ2v) is 9.54. The lowest BCUT2D eigenvalue weighted by atomic mass is 10.2. The molecule has 0 saturated carbocycles. The number of alkyl halides is 3. The van der Waals surface area contributed by atoms with Crippen molar-refractivity contribution in [2.45, 2.75) is 2.14 Å². The Morgan fingerprint density at radius 2 is 1.85 bits per heavy atom. The molecule has 0 saturated heterocycles. The Labute approximate surface area is 101 Å². The second-order valence-electron chi connectivity index (χ2n) is 2.78. The van der Waals surface area contributed by atoms with E-state index < -0.39 is 0 Å². The van der Waals surface area contributed by atoms with Gasteiger partial charge in [0.2, 0.25) is 0 Å². The van der Waals surface area contributed by atoms with Gasteiger partial charge in [-0.1, -0.05) is 53.9 Å². The molecule has 0 spiro atoms. The number of H-pyrrole nitrogens is 1. The van der Waals surface area contributed by atoms with Crippen molar-refractivity contribution in [3.05, 3.63) is 36.0 Å². The number of hydrogen-bond acceptors (Lipinski definition) is 0. The third-order valence-corrected chi connectivity index (χ3v) is 3.25. The third-order valence-electron chi connectivity index (χ3n) is 1.88. The van der Waals surface area contributed by atoms with Gasteiger partial charge in [-0.25, -0.2) is 0 Å². The molecule has 1 aromatic carbocycles. The first kappa shape index (κ1) is 9.74. The number of fused-ring (bicyclic) bond motifs is 1. The maximum Gasteiger partial charge on any atom is 0.159 e. The average Bonchev–Trinajstić information content (AvgIpc) is 2.47. The largest absolute Gasteiger partial charge is 0.361 e. The molecule has 0 fully saturated rings. The number of nitrogens with one attached hydrogen (secondary N) is 1. The normalized spacial score (nSPS) is 12.2. The van der Waals surface area contributed by atoms with Gasteiger partial charge in [-0.15, -0.1) is 0 Å². The van der Waals surface area contributed by atoms with Gasteiger partial charge in [-0.2, -0.15) is 0 Å². The highest BCUT2D eigenvalue weighted by molar-refractivity contribution is 9.38. The summed E-state index contributed by atoms with van der Waals surface area (Å²) in [4.78, 5) is 3.15. The molecular formula is C9H6Br3N. The fourth-order valence-corrected chi connectivity index (χ4v) is 1.97. The van der Waals surface area contributed by atoms with Crippen LogP contribution in [-0.2, 0) is 2.14 Å². The lowest BCUT2D eigenvalue weighted by molar-refractivity contribution is 1.38. The quantitative estimate of drug-likeness (QED) is 0.661. The fraction of sp³-hybridized carbons (Fsp3) is 0.111. The molecule has 0 aliphatic carbocycles. The summed E-state index contributed by atoms with van der Waals surface area (Å²) in [7, 11) is 0. The molecule has 2 rings (SSSR count). The Bertz CT molecular complexity index is 428. The zero-order chi connectivity index (χ0) is 9.47. The number of aromatic nitrogens is 1. The van der Waals surface area contributed by atoms with Crippen LogP contribution >= 0.6 is 47.8 Å². The monoisotopic (exact) mass is 365 g/mol. The highest BCUT2D eigenvalue weighted by Crippen LogP contribution is 2.44. The van der Waals surface area contributed by atoms with Gasteiger partial charge in [0.25, 0.3) is 0 Å². The molecule has 0 amide bonds. The topological polar surface area (TPSA) is 15.8 Å². The van der Waals surface area contributed by atoms with Crippen LogP contribution in [0.25, 0.3) is 10.9 Å². The van der Waals surface area contributed by atoms with Gasteiger partial charge in [0.1, 0.15) is 0 Å². The van der Waals surface area contributed by atoms with Crippen LogP contribution in [0, 0.1) is 0 Å². The minimum atomic E-state index is -0.321. The van der Waals surface area contributed by atoms with E-state index in [1.165, 1.54) is 5.39 Å². The smallest absolute Gasteiger partial charge is 0.159 e. The molecule has 0 bridgehead atoms. The minimum Gasteiger partial charge on any atom is -0.361 e. The van der Waals surface area contributed by atoms with Crippen molar-refractivity contribution >= 4 is 58.7 Å². The Hall–Kier alpha value is 0.200. The van der Waals surface area contributed by atoms with Crippen LogP contribution in [0.4, 0.5) is 0 Å². The highest BCUT2D eigenvalue weighted by atomic mass is 80.0. The van der Waals surface area contributed by atoms with Gasteiger partial charge in [-0.05, 0) is 29.1 Å². The Kier molecular flexibility index (Phi) is 2.55. The summed E-state index contributed by atoms with van der Waals surface area (Å²) in [6.07, 6.45) is 1.94. The Balaban J connectivity index is 2.61. The first-order valence-corrected chi connectivity index (χ1v) is 6.09. The SMILES string of the molecule is BrC(Br)(Br)c1ccc2[nH]ccc2c1. The predicted molar refractivity (Wildman–Crippen MR) is 66.8 cm³/mol. The van der Waals surface area contributed by atoms with Crippen molar-refractivity contribution in [3.8, 4) is 0 Å². The van der Waals surface area contributed by atoms with Gasteiger partial charge in [0.15, 0.2) is 2.14 Å². The van der Waals surface area contributed by atoms with E-state index in [0.717, 1.165) is 11.1 Å². The number of aromatic amines is 1. The molecule has 2 aromatic rings. The molecule has 1 aromatic heterocycles. The summed E-state index contributed by atoms with van der Waals surface area (Å²) >= 11 is 10.5. The summed E-state index contributed by atoms with van der Waals surface area (Å²) in [5.41, 5.74) is 2.29. The molecule has 0 aliphatic heterocycles. The summed E-state index contributed by atoms with van der Waals surface area (Å²) < 4.78 is -0.321. The van der Waals surface area contributed by atoms with Gasteiger partial charge in [-0.3, -0.25) is 0 Å². The molecule has 1 N–H and O–H groups in total. The Morgan fingerprint density at radius 3 is 2.54 bits per heavy atom. The predicted octanol–water partition coefficient (Wildman–Crippen LogP) is 4.46. The van der Waals surface area contributed by atoms with Crippen molar-refractivity contribution in [1.29, 1.82) is 0 Å². The molecule has 1 heterocycles. The number of halogens is 3. The Morgan fingerprint density at radius 1 is 1.08 bits per heavy atom. The van der Waals surface area contributed by atoms with Gasteiger partial charge in [0.05, 0.1) is 0 Å². The molecule has 0 radical (unpaired) electrons. The van der Waals surface area contributed by atoms with Gasteiger partial charge in [0, 0.05) is 11.7 Å². The van der Waals surface area contributed by atoms with Crippen LogP contribution in [0.15, 0.2) is 30.5 Å². The molecule has 13 heavy (non-hydrogen) atoms. The summed E-state index contributed by atoms with van der Waals surface area (Å²) in [5.74, 6) is 0. The third kappa shape index (κ3) is 2.00. The summed E-state index contributed by atoms with van der Waals surface area (Å²) in [6, 6.07) is 8.28.